The van der Waals surface area contributed by atoms with Gasteiger partial charge in [-0.05, 0) is 42.7 Å². The number of aromatic nitrogens is 1. The van der Waals surface area contributed by atoms with Gasteiger partial charge in [0.25, 0.3) is 0 Å². The maximum absolute atomic E-state index is 12.9. The Morgan fingerprint density at radius 1 is 1.17 bits per heavy atom. The van der Waals surface area contributed by atoms with Crippen molar-refractivity contribution in [3.63, 3.8) is 0 Å². The number of carbonyl (C=O) groups is 1. The second kappa shape index (κ2) is 7.77. The highest BCUT2D eigenvalue weighted by Crippen LogP contribution is 2.49. The Bertz CT molecular complexity index is 1200. The average molecular weight is 462 g/mol. The lowest BCUT2D eigenvalue weighted by molar-refractivity contribution is -0.118. The number of sulfonamides is 1. The Kier molecular flexibility index (Phi) is 5.44. The smallest absolute Gasteiger partial charge is 0.242 e. The molecule has 6 nitrogen and oxygen atoms in total. The number of halogens is 1. The molecule has 1 N–H and O–H groups in total. The van der Waals surface area contributed by atoms with E-state index < -0.39 is 15.4 Å². The third kappa shape index (κ3) is 3.88. The highest BCUT2D eigenvalue weighted by atomic mass is 35.5. The summed E-state index contributed by atoms with van der Waals surface area (Å²) in [5, 5.41) is 5.88. The third-order valence-corrected chi connectivity index (χ3v) is 8.04. The predicted octanol–water partition coefficient (Wildman–Crippen LogP) is 4.38. The first kappa shape index (κ1) is 21.0. The number of hydrogen-bond acceptors (Lipinski definition) is 5. The zero-order chi connectivity index (χ0) is 21.5. The number of carbonyl (C=O) groups excluding carboxylic acids is 1. The first-order chi connectivity index (χ1) is 14.2. The number of nitrogens with zero attached hydrogens (tertiary/aromatic N) is 2. The van der Waals surface area contributed by atoms with Gasteiger partial charge in [-0.2, -0.15) is 0 Å². The first-order valence-corrected chi connectivity index (χ1v) is 12.0. The van der Waals surface area contributed by atoms with E-state index in [2.05, 4.69) is 10.3 Å². The summed E-state index contributed by atoms with van der Waals surface area (Å²) in [4.78, 5) is 17.6. The van der Waals surface area contributed by atoms with E-state index in [1.54, 1.807) is 30.3 Å². The normalized spacial score (nSPS) is 15.2. The monoisotopic (exact) mass is 461 g/mol. The standard InChI is InChI=1S/C21H20ClN3O3S2/c1-25(2)30(27,28)17-8-6-14(7-9-17)18-13-29-20(23-18)24-19(26)21(10-11-21)15-4-3-5-16(22)12-15/h3-9,12-13H,10-11H2,1-2H3,(H,23,24,26). The van der Waals surface area contributed by atoms with Gasteiger partial charge in [-0.3, -0.25) is 4.79 Å². The van der Waals surface area contributed by atoms with Crippen LogP contribution in [0.3, 0.4) is 0 Å². The summed E-state index contributed by atoms with van der Waals surface area (Å²) in [7, 11) is -0.487. The van der Waals surface area contributed by atoms with Crippen molar-refractivity contribution in [1.29, 1.82) is 0 Å². The molecule has 1 aliphatic carbocycles. The van der Waals surface area contributed by atoms with Crippen molar-refractivity contribution in [3.05, 3.63) is 64.5 Å². The summed E-state index contributed by atoms with van der Waals surface area (Å²) in [6.07, 6.45) is 1.55. The fourth-order valence-corrected chi connectivity index (χ4v) is 5.05. The summed E-state index contributed by atoms with van der Waals surface area (Å²) in [6, 6.07) is 14.0. The molecule has 9 heteroatoms. The molecule has 1 aromatic heterocycles. The van der Waals surface area contributed by atoms with Crippen molar-refractivity contribution in [1.82, 2.24) is 9.29 Å². The summed E-state index contributed by atoms with van der Waals surface area (Å²) < 4.78 is 25.6. The Morgan fingerprint density at radius 2 is 1.87 bits per heavy atom. The minimum absolute atomic E-state index is 0.0851. The number of amides is 1. The summed E-state index contributed by atoms with van der Waals surface area (Å²) in [5.41, 5.74) is 1.83. The molecular formula is C21H20ClN3O3S2. The maximum Gasteiger partial charge on any atom is 0.242 e. The van der Waals surface area contributed by atoms with Gasteiger partial charge in [0.15, 0.2) is 5.13 Å². The van der Waals surface area contributed by atoms with Crippen LogP contribution < -0.4 is 5.32 Å². The molecule has 4 rings (SSSR count). The van der Waals surface area contributed by atoms with Gasteiger partial charge in [0.05, 0.1) is 16.0 Å². The first-order valence-electron chi connectivity index (χ1n) is 9.28. The Morgan fingerprint density at radius 3 is 2.47 bits per heavy atom. The van der Waals surface area contributed by atoms with Gasteiger partial charge in [0.2, 0.25) is 15.9 Å². The molecule has 0 spiro atoms. The highest BCUT2D eigenvalue weighted by molar-refractivity contribution is 7.89. The fourth-order valence-electron chi connectivity index (χ4n) is 3.25. The van der Waals surface area contributed by atoms with Gasteiger partial charge < -0.3 is 5.32 Å². The van der Waals surface area contributed by atoms with Crippen LogP contribution in [0.1, 0.15) is 18.4 Å². The average Bonchev–Trinajstić information content (AvgIpc) is 3.41. The fraction of sp³-hybridized carbons (Fsp3) is 0.238. The largest absolute Gasteiger partial charge is 0.301 e. The maximum atomic E-state index is 12.9. The number of thiazole rings is 1. The van der Waals surface area contributed by atoms with E-state index in [4.69, 9.17) is 11.6 Å². The minimum atomic E-state index is -3.48. The molecular weight excluding hydrogens is 442 g/mol. The number of hydrogen-bond donors (Lipinski definition) is 1. The van der Waals surface area contributed by atoms with Crippen LogP contribution in [0.2, 0.25) is 5.02 Å². The van der Waals surface area contributed by atoms with E-state index in [-0.39, 0.29) is 10.8 Å². The predicted molar refractivity (Wildman–Crippen MR) is 119 cm³/mol. The van der Waals surface area contributed by atoms with Gasteiger partial charge in [-0.1, -0.05) is 35.9 Å². The van der Waals surface area contributed by atoms with Gasteiger partial charge in [0, 0.05) is 30.1 Å². The van der Waals surface area contributed by atoms with E-state index in [1.165, 1.54) is 29.7 Å². The number of rotatable bonds is 6. The molecule has 0 unspecified atom stereocenters. The molecule has 3 aromatic rings. The van der Waals surface area contributed by atoms with Crippen LogP contribution in [0.15, 0.2) is 58.8 Å². The molecule has 0 atom stereocenters. The van der Waals surface area contributed by atoms with Crippen LogP contribution in [0, 0.1) is 0 Å². The molecule has 1 fully saturated rings. The second-order valence-electron chi connectivity index (χ2n) is 7.40. The van der Waals surface area contributed by atoms with Crippen LogP contribution in [0.25, 0.3) is 11.3 Å². The van der Waals surface area contributed by atoms with Gasteiger partial charge in [0.1, 0.15) is 0 Å². The van der Waals surface area contributed by atoms with Crippen LogP contribution in [-0.2, 0) is 20.2 Å². The Hall–Kier alpha value is -2.26. The zero-order valence-corrected chi connectivity index (χ0v) is 18.8. The van der Waals surface area contributed by atoms with E-state index in [0.717, 1.165) is 24.0 Å². The summed E-state index contributed by atoms with van der Waals surface area (Å²) in [5.74, 6) is -0.0851. The van der Waals surface area contributed by atoms with E-state index in [1.807, 2.05) is 23.6 Å². The Labute approximate surface area is 184 Å². The molecule has 2 aromatic carbocycles. The molecule has 0 radical (unpaired) electrons. The molecule has 0 bridgehead atoms. The van der Waals surface area contributed by atoms with E-state index in [9.17, 15) is 13.2 Å². The molecule has 30 heavy (non-hydrogen) atoms. The molecule has 1 amide bonds. The minimum Gasteiger partial charge on any atom is -0.301 e. The van der Waals surface area contributed by atoms with Crippen LogP contribution in [-0.4, -0.2) is 37.7 Å². The van der Waals surface area contributed by atoms with Crippen molar-refractivity contribution in [2.24, 2.45) is 0 Å². The van der Waals surface area contributed by atoms with Crippen molar-refractivity contribution in [2.45, 2.75) is 23.2 Å². The molecule has 156 valence electrons. The van der Waals surface area contributed by atoms with Crippen molar-refractivity contribution < 1.29 is 13.2 Å². The van der Waals surface area contributed by atoms with E-state index in [0.29, 0.717) is 15.8 Å². The molecule has 1 saturated carbocycles. The number of nitrogens with one attached hydrogen (secondary N) is 1. The quantitative estimate of drug-likeness (QED) is 0.590. The number of benzene rings is 2. The molecule has 1 heterocycles. The van der Waals surface area contributed by atoms with Crippen molar-refractivity contribution in [3.8, 4) is 11.3 Å². The van der Waals surface area contributed by atoms with Crippen molar-refractivity contribution in [2.75, 3.05) is 19.4 Å². The van der Waals surface area contributed by atoms with Crippen molar-refractivity contribution >= 4 is 44.0 Å². The third-order valence-electron chi connectivity index (χ3n) is 5.22. The van der Waals surface area contributed by atoms with Crippen LogP contribution in [0.4, 0.5) is 5.13 Å². The van der Waals surface area contributed by atoms with Gasteiger partial charge in [-0.25, -0.2) is 17.7 Å². The second-order valence-corrected chi connectivity index (χ2v) is 10.8. The van der Waals surface area contributed by atoms with Crippen LogP contribution >= 0.6 is 22.9 Å². The lowest BCUT2D eigenvalue weighted by atomic mass is 9.95. The topological polar surface area (TPSA) is 79.4 Å². The Balaban J connectivity index is 1.50. The zero-order valence-electron chi connectivity index (χ0n) is 16.4. The van der Waals surface area contributed by atoms with E-state index >= 15 is 0 Å². The molecule has 0 aliphatic heterocycles. The SMILES string of the molecule is CN(C)S(=O)(=O)c1ccc(-c2csc(NC(=O)C3(c4cccc(Cl)c4)CC3)n2)cc1. The number of anilines is 1. The lowest BCUT2D eigenvalue weighted by Gasteiger charge is -2.14. The highest BCUT2D eigenvalue weighted by Gasteiger charge is 2.51. The summed E-state index contributed by atoms with van der Waals surface area (Å²) >= 11 is 7.42. The van der Waals surface area contributed by atoms with Gasteiger partial charge in [-0.15, -0.1) is 11.3 Å². The van der Waals surface area contributed by atoms with Gasteiger partial charge >= 0.3 is 0 Å². The summed E-state index contributed by atoms with van der Waals surface area (Å²) in [6.45, 7) is 0. The van der Waals surface area contributed by atoms with Crippen LogP contribution in [0.5, 0.6) is 0 Å². The molecule has 1 aliphatic rings. The lowest BCUT2D eigenvalue weighted by Crippen LogP contribution is -2.27. The molecule has 0 saturated heterocycles.